The van der Waals surface area contributed by atoms with Gasteiger partial charge >= 0.3 is 6.18 Å². The lowest BCUT2D eigenvalue weighted by Crippen LogP contribution is -2.12. The molecule has 2 aromatic carbocycles. The van der Waals surface area contributed by atoms with Crippen LogP contribution in [0.3, 0.4) is 0 Å². The van der Waals surface area contributed by atoms with E-state index in [0.29, 0.717) is 20.9 Å². The fourth-order valence-electron chi connectivity index (χ4n) is 3.12. The van der Waals surface area contributed by atoms with Crippen molar-refractivity contribution in [1.29, 1.82) is 0 Å². The molecule has 0 saturated carbocycles. The number of hydrogen-bond acceptors (Lipinski definition) is 5. The molecule has 4 rings (SSSR count). The number of fused-ring (bicyclic) bond motifs is 1. The summed E-state index contributed by atoms with van der Waals surface area (Å²) in [7, 11) is -2.28. The average molecular weight is 517 g/mol. The van der Waals surface area contributed by atoms with Crippen LogP contribution in [0.15, 0.2) is 58.3 Å². The van der Waals surface area contributed by atoms with Crippen molar-refractivity contribution in [3.8, 4) is 11.1 Å². The van der Waals surface area contributed by atoms with Crippen LogP contribution in [-0.4, -0.2) is 22.3 Å². The van der Waals surface area contributed by atoms with Crippen molar-refractivity contribution >= 4 is 53.5 Å². The number of aryl methyl sites for hydroxylation is 1. The van der Waals surface area contributed by atoms with Crippen molar-refractivity contribution in [2.24, 2.45) is 7.05 Å². The van der Waals surface area contributed by atoms with E-state index in [9.17, 15) is 21.6 Å². The van der Waals surface area contributed by atoms with Crippen LogP contribution in [0.1, 0.15) is 5.56 Å². The highest BCUT2D eigenvalue weighted by Gasteiger charge is 2.34. The number of benzene rings is 2. The molecule has 0 aliphatic heterocycles. The van der Waals surface area contributed by atoms with Crippen molar-refractivity contribution in [2.75, 3.05) is 4.72 Å². The lowest BCUT2D eigenvalue weighted by molar-refractivity contribution is -0.137. The Bertz CT molecular complexity index is 1350. The van der Waals surface area contributed by atoms with Gasteiger partial charge in [0.15, 0.2) is 0 Å². The first-order valence-electron chi connectivity index (χ1n) is 8.32. The summed E-state index contributed by atoms with van der Waals surface area (Å²) in [5.74, 6) is 0. The predicted octanol–water partition coefficient (Wildman–Crippen LogP) is 5.28. The van der Waals surface area contributed by atoms with Crippen LogP contribution in [0.2, 0.25) is 0 Å². The molecule has 0 aliphatic carbocycles. The maximum atomic E-state index is 13.6. The average Bonchev–Trinajstić information content (AvgIpc) is 3.28. The number of halogens is 4. The van der Waals surface area contributed by atoms with Crippen molar-refractivity contribution < 1.29 is 21.6 Å². The van der Waals surface area contributed by atoms with Crippen LogP contribution >= 0.6 is 27.5 Å². The molecule has 12 heteroatoms. The molecule has 0 amide bonds. The van der Waals surface area contributed by atoms with Gasteiger partial charge in [-0.1, -0.05) is 28.1 Å². The van der Waals surface area contributed by atoms with Crippen LogP contribution in [0.25, 0.3) is 22.0 Å². The summed E-state index contributed by atoms with van der Waals surface area (Å²) in [6.07, 6.45) is -1.76. The smallest absolute Gasteiger partial charge is 0.350 e. The molecule has 0 bridgehead atoms. The minimum Gasteiger partial charge on any atom is -0.350 e. The van der Waals surface area contributed by atoms with Gasteiger partial charge in [-0.3, -0.25) is 4.72 Å². The third kappa shape index (κ3) is 3.82. The monoisotopic (exact) mass is 516 g/mol. The van der Waals surface area contributed by atoms with Gasteiger partial charge in [0.1, 0.15) is 6.33 Å². The van der Waals surface area contributed by atoms with Gasteiger partial charge in [0, 0.05) is 45.7 Å². The third-order valence-corrected chi connectivity index (χ3v) is 6.97. The maximum Gasteiger partial charge on any atom is 0.417 e. The molecule has 30 heavy (non-hydrogen) atoms. The van der Waals surface area contributed by atoms with E-state index in [-0.39, 0.29) is 15.6 Å². The summed E-state index contributed by atoms with van der Waals surface area (Å²) in [6, 6.07) is 8.22. The first-order valence-corrected chi connectivity index (χ1v) is 11.4. The fourth-order valence-corrected chi connectivity index (χ4v) is 5.17. The van der Waals surface area contributed by atoms with E-state index in [1.165, 1.54) is 36.7 Å². The zero-order chi connectivity index (χ0) is 21.7. The van der Waals surface area contributed by atoms with Gasteiger partial charge in [-0.05, 0) is 29.8 Å². The lowest BCUT2D eigenvalue weighted by Gasteiger charge is -2.13. The zero-order valence-corrected chi connectivity index (χ0v) is 18.3. The Hall–Kier alpha value is -2.44. The molecule has 0 unspecified atom stereocenters. The van der Waals surface area contributed by atoms with E-state index in [1.807, 2.05) is 0 Å². The Balaban J connectivity index is 1.85. The van der Waals surface area contributed by atoms with Crippen LogP contribution in [0, 0.1) is 0 Å². The molecule has 4 aromatic rings. The fraction of sp³-hybridized carbons (Fsp3) is 0.111. The van der Waals surface area contributed by atoms with Crippen molar-refractivity contribution in [3.63, 3.8) is 0 Å². The second kappa shape index (κ2) is 7.36. The number of alkyl halides is 3. The number of anilines is 1. The molecular weight excluding hydrogens is 505 g/mol. The predicted molar refractivity (Wildman–Crippen MR) is 112 cm³/mol. The molecule has 0 spiro atoms. The Kier molecular flexibility index (Phi) is 5.11. The highest BCUT2D eigenvalue weighted by atomic mass is 79.9. The minimum atomic E-state index is -4.55. The molecule has 6 nitrogen and oxygen atoms in total. The van der Waals surface area contributed by atoms with Crippen molar-refractivity contribution in [2.45, 2.75) is 11.1 Å². The van der Waals surface area contributed by atoms with Crippen molar-refractivity contribution in [1.82, 2.24) is 13.9 Å². The molecule has 0 radical (unpaired) electrons. The van der Waals surface area contributed by atoms with E-state index in [4.69, 9.17) is 0 Å². The Morgan fingerprint density at radius 3 is 2.57 bits per heavy atom. The molecule has 0 aliphatic rings. The number of nitrogens with zero attached hydrogens (tertiary/aromatic N) is 3. The number of rotatable bonds is 4. The van der Waals surface area contributed by atoms with E-state index in [1.54, 1.807) is 17.8 Å². The van der Waals surface area contributed by atoms with Gasteiger partial charge in [0.25, 0.3) is 10.0 Å². The van der Waals surface area contributed by atoms with Crippen molar-refractivity contribution in [3.05, 3.63) is 59.0 Å². The Labute approximate surface area is 181 Å². The van der Waals surface area contributed by atoms with E-state index < -0.39 is 21.8 Å². The molecule has 2 heterocycles. The van der Waals surface area contributed by atoms with Crippen LogP contribution < -0.4 is 4.72 Å². The van der Waals surface area contributed by atoms with Gasteiger partial charge in [0.2, 0.25) is 5.13 Å². The summed E-state index contributed by atoms with van der Waals surface area (Å²) < 4.78 is 74.0. The highest BCUT2D eigenvalue weighted by Crippen LogP contribution is 2.41. The molecular formula is C18H12BrF3N4O2S2. The van der Waals surface area contributed by atoms with E-state index in [0.717, 1.165) is 17.6 Å². The number of hydrogen-bond donors (Lipinski definition) is 1. The summed E-state index contributed by atoms with van der Waals surface area (Å²) in [4.78, 5) is 3.75. The van der Waals surface area contributed by atoms with E-state index in [2.05, 4.69) is 30.0 Å². The van der Waals surface area contributed by atoms with Gasteiger partial charge < -0.3 is 4.57 Å². The topological polar surface area (TPSA) is 76.9 Å². The summed E-state index contributed by atoms with van der Waals surface area (Å²) in [6.45, 7) is 0. The first kappa shape index (κ1) is 20.8. The Morgan fingerprint density at radius 2 is 1.90 bits per heavy atom. The molecule has 156 valence electrons. The van der Waals surface area contributed by atoms with Gasteiger partial charge in [-0.2, -0.15) is 17.5 Å². The number of nitrogens with one attached hydrogen (secondary N) is 1. The minimum absolute atomic E-state index is 0.0129. The van der Waals surface area contributed by atoms with Gasteiger partial charge in [-0.15, -0.1) is 0 Å². The lowest BCUT2D eigenvalue weighted by atomic mass is 9.99. The van der Waals surface area contributed by atoms with Gasteiger partial charge in [-0.25, -0.2) is 13.4 Å². The largest absolute Gasteiger partial charge is 0.417 e. The summed E-state index contributed by atoms with van der Waals surface area (Å²) >= 11 is 3.97. The van der Waals surface area contributed by atoms with Crippen LogP contribution in [-0.2, 0) is 23.2 Å². The number of sulfonamides is 1. The second-order valence-electron chi connectivity index (χ2n) is 6.37. The van der Waals surface area contributed by atoms with Crippen LogP contribution in [0.4, 0.5) is 18.3 Å². The normalized spacial score (nSPS) is 12.4. The molecule has 0 saturated heterocycles. The summed E-state index contributed by atoms with van der Waals surface area (Å²) in [5, 5.41) is 0.618. The van der Waals surface area contributed by atoms with Gasteiger partial charge in [0.05, 0.1) is 10.5 Å². The first-order chi connectivity index (χ1) is 14.1. The van der Waals surface area contributed by atoms with Crippen LogP contribution in [0.5, 0.6) is 0 Å². The molecule has 1 N–H and O–H groups in total. The number of aromatic nitrogens is 3. The standard InChI is InChI=1S/C18H12BrF3N4O2S2/c1-26-8-14(12-4-2-10(19)6-15(12)18(20,21)22)13-5-3-11(7-16(13)26)30(27,28)25-17-23-9-24-29-17/h2-9H,1H3,(H,23,24,25). The quantitative estimate of drug-likeness (QED) is 0.400. The third-order valence-electron chi connectivity index (χ3n) is 4.43. The maximum absolute atomic E-state index is 13.6. The molecule has 0 atom stereocenters. The Morgan fingerprint density at radius 1 is 1.13 bits per heavy atom. The molecule has 0 fully saturated rings. The molecule has 2 aromatic heterocycles. The highest BCUT2D eigenvalue weighted by molar-refractivity contribution is 9.10. The SMILES string of the molecule is Cn1cc(-c2ccc(Br)cc2C(F)(F)F)c2ccc(S(=O)(=O)Nc3ncns3)cc21. The zero-order valence-electron chi connectivity index (χ0n) is 15.1. The second-order valence-corrected chi connectivity index (χ2v) is 9.75. The summed E-state index contributed by atoms with van der Waals surface area (Å²) in [5.41, 5.74) is 0.0624. The van der Waals surface area contributed by atoms with E-state index >= 15 is 0 Å².